The first-order valence-electron chi connectivity index (χ1n) is 6.24. The first-order chi connectivity index (χ1) is 9.59. The van der Waals surface area contributed by atoms with Gasteiger partial charge in [-0.3, -0.25) is 4.57 Å². The monoisotopic (exact) mass is 318 g/mol. The Bertz CT molecular complexity index is 523. The second-order valence-electron chi connectivity index (χ2n) is 4.26. The summed E-state index contributed by atoms with van der Waals surface area (Å²) in [5.41, 5.74) is 0. The van der Waals surface area contributed by atoms with Gasteiger partial charge in [-0.15, -0.1) is 18.3 Å². The van der Waals surface area contributed by atoms with E-state index in [4.69, 9.17) is 9.05 Å². The summed E-state index contributed by atoms with van der Waals surface area (Å²) in [4.78, 5) is 12.6. The summed E-state index contributed by atoms with van der Waals surface area (Å²) in [7, 11) is -4.20. The molecule has 1 saturated heterocycles. The van der Waals surface area contributed by atoms with Gasteiger partial charge in [0.1, 0.15) is 0 Å². The average Bonchev–Trinajstić information content (AvgIpc) is 2.43. The first kappa shape index (κ1) is 18.8. The summed E-state index contributed by atoms with van der Waals surface area (Å²) in [5.74, 6) is 0.757. The van der Waals surface area contributed by atoms with Crippen LogP contribution in [-0.4, -0.2) is 18.0 Å². The van der Waals surface area contributed by atoms with E-state index >= 15 is 0 Å². The van der Waals surface area contributed by atoms with Gasteiger partial charge in [0.15, 0.2) is 0 Å². The van der Waals surface area contributed by atoms with E-state index in [1.165, 1.54) is 11.0 Å². The molecule has 108 valence electrons. The van der Waals surface area contributed by atoms with E-state index in [1.807, 2.05) is 36.4 Å². The molecule has 0 saturated carbocycles. The van der Waals surface area contributed by atoms with Crippen molar-refractivity contribution in [3.05, 3.63) is 55.1 Å². The zero-order chi connectivity index (χ0) is 14.4. The van der Waals surface area contributed by atoms with Crippen molar-refractivity contribution in [1.82, 2.24) is 0 Å². The zero-order valence-electron chi connectivity index (χ0n) is 11.9. The molecule has 3 atom stereocenters. The predicted octanol–water partition coefficient (Wildman–Crippen LogP) is 0.167. The molecular weight excluding hydrogens is 302 g/mol. The first-order valence-corrected chi connectivity index (χ1v) is 8.68. The molecule has 2 rings (SSSR count). The van der Waals surface area contributed by atoms with Crippen LogP contribution < -0.4 is 23.8 Å². The van der Waals surface area contributed by atoms with Crippen LogP contribution in [0.15, 0.2) is 60.0 Å². The summed E-state index contributed by atoms with van der Waals surface area (Å²) in [5, 5.41) is 0. The van der Waals surface area contributed by atoms with Gasteiger partial charge >= 0.3 is 18.9 Å². The molecule has 21 heavy (non-hydrogen) atoms. The van der Waals surface area contributed by atoms with Gasteiger partial charge in [0.25, 0.3) is 7.82 Å². The molecule has 1 heterocycles. The van der Waals surface area contributed by atoms with Gasteiger partial charge in [0.05, 0.1) is 12.2 Å². The molecule has 0 bridgehead atoms. The number of thioether (sulfide) groups is 1. The summed E-state index contributed by atoms with van der Waals surface area (Å²) >= 11 is 1.67. The van der Waals surface area contributed by atoms with Crippen LogP contribution in [0.3, 0.4) is 0 Å². The minimum absolute atomic E-state index is 0. The molecule has 1 fully saturated rings. The molecule has 1 unspecified atom stereocenters. The minimum atomic E-state index is -4.20. The summed E-state index contributed by atoms with van der Waals surface area (Å²) in [6, 6.07) is 10.00. The van der Waals surface area contributed by atoms with E-state index in [1.54, 1.807) is 17.8 Å². The molecule has 0 N–H and O–H groups in total. The van der Waals surface area contributed by atoms with Crippen molar-refractivity contribution in [2.75, 3.05) is 5.75 Å². The van der Waals surface area contributed by atoms with Crippen molar-refractivity contribution in [3.8, 4) is 0 Å². The summed E-state index contributed by atoms with van der Waals surface area (Å²) < 4.78 is 21.0. The van der Waals surface area contributed by atoms with Crippen LogP contribution in [0.5, 0.6) is 0 Å². The standard InChI is InChI=1S/C14H17O4PS.Li/c1-2-12-11-13(18-19(15,16)17-12)7-6-10-20-14-8-4-3-5-9-14;/h2-9,12-13H,1,10-11H2,(H,15,16);/q;+1/p-1/b7-6+;/t12-,13-;/m1./s1. The molecule has 0 radical (unpaired) electrons. The third kappa shape index (κ3) is 6.59. The van der Waals surface area contributed by atoms with Crippen molar-refractivity contribution in [2.24, 2.45) is 0 Å². The minimum Gasteiger partial charge on any atom is -0.756 e. The molecule has 4 nitrogen and oxygen atoms in total. The van der Waals surface area contributed by atoms with Crippen molar-refractivity contribution >= 4 is 19.6 Å². The maximum atomic E-state index is 11.4. The number of benzene rings is 1. The fourth-order valence-corrected chi connectivity index (χ4v) is 3.58. The number of phosphoric ester groups is 1. The Hall–Kier alpha value is -0.243. The second-order valence-corrected chi connectivity index (χ2v) is 6.67. The van der Waals surface area contributed by atoms with Crippen molar-refractivity contribution in [2.45, 2.75) is 23.5 Å². The summed E-state index contributed by atoms with van der Waals surface area (Å²) in [6.07, 6.45) is 4.62. The van der Waals surface area contributed by atoms with Gasteiger partial charge in [-0.25, -0.2) is 0 Å². The Morgan fingerprint density at radius 3 is 2.67 bits per heavy atom. The molecule has 1 aliphatic rings. The Kier molecular flexibility index (Phi) is 8.08. The Balaban J connectivity index is 0.00000220. The molecule has 0 spiro atoms. The fourth-order valence-electron chi connectivity index (χ4n) is 1.79. The van der Waals surface area contributed by atoms with Gasteiger partial charge in [0, 0.05) is 17.1 Å². The Morgan fingerprint density at radius 2 is 2.00 bits per heavy atom. The van der Waals surface area contributed by atoms with E-state index in [-0.39, 0.29) is 18.9 Å². The third-order valence-electron chi connectivity index (χ3n) is 2.70. The third-order valence-corrected chi connectivity index (χ3v) is 4.72. The number of hydrogen-bond donors (Lipinski definition) is 0. The van der Waals surface area contributed by atoms with E-state index in [0.29, 0.717) is 6.42 Å². The predicted molar refractivity (Wildman–Crippen MR) is 78.5 cm³/mol. The van der Waals surface area contributed by atoms with Gasteiger partial charge < -0.3 is 13.9 Å². The molecular formula is C14H16LiO4PS. The van der Waals surface area contributed by atoms with Crippen LogP contribution in [0.4, 0.5) is 0 Å². The van der Waals surface area contributed by atoms with Crippen LogP contribution in [-0.2, 0) is 13.6 Å². The van der Waals surface area contributed by atoms with Gasteiger partial charge in [-0.05, 0) is 12.1 Å². The van der Waals surface area contributed by atoms with Crippen LogP contribution in [0, 0.1) is 0 Å². The largest absolute Gasteiger partial charge is 1.00 e. The van der Waals surface area contributed by atoms with Crippen LogP contribution >= 0.6 is 19.6 Å². The van der Waals surface area contributed by atoms with Gasteiger partial charge in [-0.2, -0.15) is 0 Å². The normalized spacial score (nSPS) is 29.0. The van der Waals surface area contributed by atoms with E-state index in [9.17, 15) is 9.46 Å². The fraction of sp³-hybridized carbons (Fsp3) is 0.286. The molecule has 1 aromatic rings. The van der Waals surface area contributed by atoms with Crippen molar-refractivity contribution in [1.29, 1.82) is 0 Å². The van der Waals surface area contributed by atoms with Crippen LogP contribution in [0.1, 0.15) is 6.42 Å². The number of rotatable bonds is 5. The van der Waals surface area contributed by atoms with Crippen LogP contribution in [0.2, 0.25) is 0 Å². The molecule has 0 aliphatic carbocycles. The smallest absolute Gasteiger partial charge is 0.756 e. The molecule has 0 amide bonds. The second kappa shape index (κ2) is 9.02. The molecule has 0 aromatic heterocycles. The SMILES string of the molecule is C=C[C@@H]1C[C@@H](/C=C/CSc2ccccc2)OP(=O)([O-])O1.[Li+]. The Labute approximate surface area is 141 Å². The van der Waals surface area contributed by atoms with Gasteiger partial charge in [0.2, 0.25) is 0 Å². The van der Waals surface area contributed by atoms with E-state index in [0.717, 1.165) is 5.75 Å². The van der Waals surface area contributed by atoms with Gasteiger partial charge in [-0.1, -0.05) is 36.4 Å². The van der Waals surface area contributed by atoms with Crippen molar-refractivity contribution < 1.29 is 37.4 Å². The topological polar surface area (TPSA) is 58.6 Å². The zero-order valence-corrected chi connectivity index (χ0v) is 13.6. The molecule has 1 aliphatic heterocycles. The quantitative estimate of drug-likeness (QED) is 0.335. The molecule has 7 heteroatoms. The van der Waals surface area contributed by atoms with E-state index < -0.39 is 20.0 Å². The maximum Gasteiger partial charge on any atom is 1.00 e. The number of phosphoric acid groups is 1. The molecule has 1 aromatic carbocycles. The summed E-state index contributed by atoms with van der Waals surface area (Å²) in [6.45, 7) is 3.55. The Morgan fingerprint density at radius 1 is 1.33 bits per heavy atom. The number of hydrogen-bond acceptors (Lipinski definition) is 5. The van der Waals surface area contributed by atoms with Crippen molar-refractivity contribution in [3.63, 3.8) is 0 Å². The van der Waals surface area contributed by atoms with Crippen LogP contribution in [0.25, 0.3) is 0 Å². The maximum absolute atomic E-state index is 11.4. The van der Waals surface area contributed by atoms with E-state index in [2.05, 4.69) is 6.58 Å². The average molecular weight is 318 g/mol.